The third kappa shape index (κ3) is 3.77. The van der Waals surface area contributed by atoms with Crippen LogP contribution in [0, 0.1) is 11.8 Å². The lowest BCUT2D eigenvalue weighted by molar-refractivity contribution is -0.899. The molecular formula is C14H20N+. The van der Waals surface area contributed by atoms with Gasteiger partial charge in [-0.05, 0) is 31.9 Å². The highest BCUT2D eigenvalue weighted by Gasteiger charge is 2.13. The first kappa shape index (κ1) is 11.8. The van der Waals surface area contributed by atoms with Crippen LogP contribution in [-0.4, -0.2) is 31.2 Å². The molecule has 0 N–H and O–H groups in total. The number of hydrogen-bond donors (Lipinski definition) is 0. The molecule has 0 aliphatic carbocycles. The maximum atomic E-state index is 3.27. The molecule has 0 saturated heterocycles. The van der Waals surface area contributed by atoms with Crippen LogP contribution in [0.25, 0.3) is 0 Å². The Hall–Kier alpha value is -1.26. The first-order valence-electron chi connectivity index (χ1n) is 5.57. The van der Waals surface area contributed by atoms with Crippen molar-refractivity contribution in [2.45, 2.75) is 13.8 Å². The SMILES string of the molecule is CC[N+](C)(CC)CC#Cc1ccccc1. The van der Waals surface area contributed by atoms with E-state index in [-0.39, 0.29) is 0 Å². The van der Waals surface area contributed by atoms with E-state index in [1.54, 1.807) is 0 Å². The van der Waals surface area contributed by atoms with Crippen molar-refractivity contribution in [3.05, 3.63) is 35.9 Å². The average Bonchev–Trinajstić information content (AvgIpc) is 2.30. The molecule has 0 fully saturated rings. The van der Waals surface area contributed by atoms with Crippen molar-refractivity contribution in [3.63, 3.8) is 0 Å². The van der Waals surface area contributed by atoms with Gasteiger partial charge in [0.2, 0.25) is 0 Å². The van der Waals surface area contributed by atoms with Gasteiger partial charge in [0.1, 0.15) is 6.54 Å². The van der Waals surface area contributed by atoms with Crippen LogP contribution in [0.5, 0.6) is 0 Å². The van der Waals surface area contributed by atoms with Gasteiger partial charge in [-0.15, -0.1) is 0 Å². The maximum Gasteiger partial charge on any atom is 0.141 e. The Morgan fingerprint density at radius 1 is 1.07 bits per heavy atom. The van der Waals surface area contributed by atoms with Crippen LogP contribution in [-0.2, 0) is 0 Å². The summed E-state index contributed by atoms with van der Waals surface area (Å²) in [5.41, 5.74) is 1.11. The molecule has 1 aromatic carbocycles. The van der Waals surface area contributed by atoms with Gasteiger partial charge in [-0.25, -0.2) is 0 Å². The van der Waals surface area contributed by atoms with E-state index in [0.29, 0.717) is 0 Å². The molecule has 0 aromatic heterocycles. The fourth-order valence-electron chi connectivity index (χ4n) is 1.30. The zero-order valence-electron chi connectivity index (χ0n) is 9.96. The summed E-state index contributed by atoms with van der Waals surface area (Å²) in [6, 6.07) is 10.2. The molecule has 0 spiro atoms. The summed E-state index contributed by atoms with van der Waals surface area (Å²) in [6.45, 7) is 7.64. The van der Waals surface area contributed by atoms with Gasteiger partial charge in [-0.1, -0.05) is 24.1 Å². The van der Waals surface area contributed by atoms with Crippen molar-refractivity contribution in [3.8, 4) is 11.8 Å². The molecule has 0 amide bonds. The largest absolute Gasteiger partial charge is 0.316 e. The summed E-state index contributed by atoms with van der Waals surface area (Å²) >= 11 is 0. The predicted molar refractivity (Wildman–Crippen MR) is 65.5 cm³/mol. The van der Waals surface area contributed by atoms with Gasteiger partial charge >= 0.3 is 0 Å². The van der Waals surface area contributed by atoms with E-state index < -0.39 is 0 Å². The van der Waals surface area contributed by atoms with Crippen LogP contribution >= 0.6 is 0 Å². The topological polar surface area (TPSA) is 0 Å². The fourth-order valence-corrected chi connectivity index (χ4v) is 1.30. The van der Waals surface area contributed by atoms with Gasteiger partial charge in [-0.2, -0.15) is 0 Å². The lowest BCUT2D eigenvalue weighted by atomic mass is 10.2. The molecule has 0 aliphatic rings. The average molecular weight is 202 g/mol. The highest BCUT2D eigenvalue weighted by molar-refractivity contribution is 5.33. The number of rotatable bonds is 3. The molecule has 0 heterocycles. The van der Waals surface area contributed by atoms with Crippen LogP contribution in [0.2, 0.25) is 0 Å². The first-order chi connectivity index (χ1) is 7.20. The lowest BCUT2D eigenvalue weighted by Crippen LogP contribution is -2.43. The molecule has 1 nitrogen and oxygen atoms in total. The molecule has 0 bridgehead atoms. The zero-order valence-corrected chi connectivity index (χ0v) is 9.96. The second-order valence-electron chi connectivity index (χ2n) is 4.08. The summed E-state index contributed by atoms with van der Waals surface area (Å²) in [5, 5.41) is 0. The van der Waals surface area contributed by atoms with Gasteiger partial charge in [0.25, 0.3) is 0 Å². The minimum Gasteiger partial charge on any atom is -0.316 e. The highest BCUT2D eigenvalue weighted by Crippen LogP contribution is 2.00. The fraction of sp³-hybridized carbons (Fsp3) is 0.429. The van der Waals surface area contributed by atoms with Crippen molar-refractivity contribution < 1.29 is 4.48 Å². The van der Waals surface area contributed by atoms with Crippen molar-refractivity contribution >= 4 is 0 Å². The Morgan fingerprint density at radius 3 is 2.20 bits per heavy atom. The lowest BCUT2D eigenvalue weighted by Gasteiger charge is -2.29. The molecule has 0 saturated carbocycles. The number of benzene rings is 1. The molecule has 0 aliphatic heterocycles. The van der Waals surface area contributed by atoms with Crippen LogP contribution in [0.15, 0.2) is 30.3 Å². The van der Waals surface area contributed by atoms with E-state index in [9.17, 15) is 0 Å². The minimum absolute atomic E-state index is 0.932. The van der Waals surface area contributed by atoms with Gasteiger partial charge < -0.3 is 4.48 Å². The number of nitrogens with zero attached hydrogens (tertiary/aromatic N) is 1. The second-order valence-corrected chi connectivity index (χ2v) is 4.08. The summed E-state index contributed by atoms with van der Waals surface area (Å²) in [7, 11) is 2.25. The smallest absolute Gasteiger partial charge is 0.141 e. The summed E-state index contributed by atoms with van der Waals surface area (Å²) < 4.78 is 1.03. The van der Waals surface area contributed by atoms with E-state index in [4.69, 9.17) is 0 Å². The van der Waals surface area contributed by atoms with Gasteiger partial charge in [-0.3, -0.25) is 0 Å². The summed E-state index contributed by atoms with van der Waals surface area (Å²) in [6.07, 6.45) is 0. The van der Waals surface area contributed by atoms with Crippen LogP contribution in [0.4, 0.5) is 0 Å². The van der Waals surface area contributed by atoms with Crippen LogP contribution in [0.1, 0.15) is 19.4 Å². The van der Waals surface area contributed by atoms with E-state index >= 15 is 0 Å². The Bertz CT molecular complexity index is 339. The Labute approximate surface area is 93.3 Å². The molecule has 0 radical (unpaired) electrons. The van der Waals surface area contributed by atoms with Crippen molar-refractivity contribution in [2.24, 2.45) is 0 Å². The second kappa shape index (κ2) is 5.58. The molecule has 80 valence electrons. The van der Waals surface area contributed by atoms with Crippen molar-refractivity contribution in [2.75, 3.05) is 26.7 Å². The van der Waals surface area contributed by atoms with E-state index in [1.807, 2.05) is 18.2 Å². The molecule has 0 unspecified atom stereocenters. The van der Waals surface area contributed by atoms with Gasteiger partial charge in [0, 0.05) is 5.56 Å². The quantitative estimate of drug-likeness (QED) is 0.522. The van der Waals surface area contributed by atoms with Gasteiger partial charge in [0.05, 0.1) is 20.1 Å². The van der Waals surface area contributed by atoms with Crippen molar-refractivity contribution in [1.29, 1.82) is 0 Å². The minimum atomic E-state index is 0.932. The van der Waals surface area contributed by atoms with Gasteiger partial charge in [0.15, 0.2) is 0 Å². The normalized spacial score (nSPS) is 10.6. The van der Waals surface area contributed by atoms with E-state index in [2.05, 4.69) is 44.9 Å². The third-order valence-electron chi connectivity index (χ3n) is 2.99. The Morgan fingerprint density at radius 2 is 1.67 bits per heavy atom. The summed E-state index contributed by atoms with van der Waals surface area (Å²) in [5.74, 6) is 6.47. The maximum absolute atomic E-state index is 3.27. The molecule has 1 heteroatoms. The first-order valence-corrected chi connectivity index (χ1v) is 5.57. The Kier molecular flexibility index (Phi) is 4.39. The molecular weight excluding hydrogens is 182 g/mol. The summed E-state index contributed by atoms with van der Waals surface area (Å²) in [4.78, 5) is 0. The third-order valence-corrected chi connectivity index (χ3v) is 2.99. The van der Waals surface area contributed by atoms with Crippen molar-refractivity contribution in [1.82, 2.24) is 0 Å². The van der Waals surface area contributed by atoms with Crippen LogP contribution in [0.3, 0.4) is 0 Å². The van der Waals surface area contributed by atoms with E-state index in [1.165, 1.54) is 0 Å². The molecule has 1 rings (SSSR count). The van der Waals surface area contributed by atoms with E-state index in [0.717, 1.165) is 29.7 Å². The molecule has 1 aromatic rings. The number of quaternary nitrogens is 1. The predicted octanol–water partition coefficient (Wildman–Crippen LogP) is 2.52. The number of hydrogen-bond acceptors (Lipinski definition) is 0. The molecule has 15 heavy (non-hydrogen) atoms. The standard InChI is InChI=1S/C14H20N/c1-4-15(3,5-2)13-9-12-14-10-7-6-8-11-14/h6-8,10-11H,4-5,13H2,1-3H3/q+1. The Balaban J connectivity index is 2.61. The molecule has 0 atom stereocenters. The van der Waals surface area contributed by atoms with Crippen LogP contribution < -0.4 is 0 Å². The zero-order chi connectivity index (χ0) is 11.1. The monoisotopic (exact) mass is 202 g/mol. The highest BCUT2D eigenvalue weighted by atomic mass is 15.3.